The molecule has 1 aromatic rings. The van der Waals surface area contributed by atoms with Crippen LogP contribution < -0.4 is 4.74 Å². The van der Waals surface area contributed by atoms with E-state index in [9.17, 15) is 9.90 Å². The summed E-state index contributed by atoms with van der Waals surface area (Å²) in [7, 11) is 0. The van der Waals surface area contributed by atoms with Crippen LogP contribution in [0, 0.1) is 0 Å². The summed E-state index contributed by atoms with van der Waals surface area (Å²) in [5.74, 6) is 0.826. The molecule has 1 heterocycles. The van der Waals surface area contributed by atoms with Crippen LogP contribution in [-0.2, 0) is 6.42 Å². The van der Waals surface area contributed by atoms with Crippen molar-refractivity contribution in [2.24, 2.45) is 0 Å². The van der Waals surface area contributed by atoms with Crippen molar-refractivity contribution in [3.8, 4) is 5.75 Å². The van der Waals surface area contributed by atoms with Gasteiger partial charge in [0.1, 0.15) is 11.9 Å². The van der Waals surface area contributed by atoms with Gasteiger partial charge in [0.05, 0.1) is 5.60 Å². The van der Waals surface area contributed by atoms with Crippen LogP contribution in [0.1, 0.15) is 36.7 Å². The number of benzene rings is 1. The zero-order valence-electron chi connectivity index (χ0n) is 9.78. The maximum absolute atomic E-state index is 11.2. The number of ketones is 1. The second-order valence-electron chi connectivity index (χ2n) is 4.84. The van der Waals surface area contributed by atoms with Gasteiger partial charge in [0.2, 0.25) is 0 Å². The fraction of sp³-hybridized carbons (Fsp3) is 0.462. The van der Waals surface area contributed by atoms with Crippen molar-refractivity contribution in [3.63, 3.8) is 0 Å². The summed E-state index contributed by atoms with van der Waals surface area (Å²) in [6.07, 6.45) is 0.421. The van der Waals surface area contributed by atoms with Crippen molar-refractivity contribution in [2.75, 3.05) is 0 Å². The molecule has 0 aliphatic carbocycles. The minimum atomic E-state index is -0.866. The number of fused-ring (bicyclic) bond motifs is 1. The van der Waals surface area contributed by atoms with Gasteiger partial charge in [-0.05, 0) is 44.5 Å². The quantitative estimate of drug-likeness (QED) is 0.775. The Hall–Kier alpha value is -1.35. The molecule has 86 valence electrons. The maximum atomic E-state index is 11.2. The monoisotopic (exact) mass is 220 g/mol. The Morgan fingerprint density at radius 1 is 1.50 bits per heavy atom. The van der Waals surface area contributed by atoms with Crippen LogP contribution in [0.5, 0.6) is 5.75 Å². The van der Waals surface area contributed by atoms with Gasteiger partial charge in [0, 0.05) is 12.0 Å². The van der Waals surface area contributed by atoms with Gasteiger partial charge in [-0.15, -0.1) is 0 Å². The maximum Gasteiger partial charge on any atom is 0.159 e. The van der Waals surface area contributed by atoms with Gasteiger partial charge in [0.15, 0.2) is 5.78 Å². The zero-order valence-corrected chi connectivity index (χ0v) is 9.78. The third kappa shape index (κ3) is 1.95. The summed E-state index contributed by atoms with van der Waals surface area (Å²) in [4.78, 5) is 11.2. The molecule has 0 spiro atoms. The Kier molecular flexibility index (Phi) is 2.50. The number of aliphatic hydroxyl groups is 1. The molecule has 0 aromatic heterocycles. The van der Waals surface area contributed by atoms with Crippen molar-refractivity contribution in [2.45, 2.75) is 38.9 Å². The summed E-state index contributed by atoms with van der Waals surface area (Å²) >= 11 is 0. The van der Waals surface area contributed by atoms with Crippen LogP contribution in [0.2, 0.25) is 0 Å². The van der Waals surface area contributed by atoms with Crippen LogP contribution in [0.3, 0.4) is 0 Å². The Morgan fingerprint density at radius 2 is 2.19 bits per heavy atom. The molecule has 1 aliphatic rings. The molecule has 0 saturated carbocycles. The third-order valence-corrected chi connectivity index (χ3v) is 2.93. The van der Waals surface area contributed by atoms with E-state index in [2.05, 4.69) is 0 Å². The molecule has 0 amide bonds. The fourth-order valence-corrected chi connectivity index (χ4v) is 1.86. The van der Waals surface area contributed by atoms with Crippen molar-refractivity contribution in [1.29, 1.82) is 0 Å². The molecule has 0 saturated heterocycles. The second-order valence-corrected chi connectivity index (χ2v) is 4.84. The Balaban J connectivity index is 2.28. The molecule has 0 unspecified atom stereocenters. The predicted molar refractivity (Wildman–Crippen MR) is 60.9 cm³/mol. The van der Waals surface area contributed by atoms with Crippen LogP contribution in [0.25, 0.3) is 0 Å². The van der Waals surface area contributed by atoms with E-state index >= 15 is 0 Å². The fourth-order valence-electron chi connectivity index (χ4n) is 1.86. The molecule has 1 aliphatic heterocycles. The molecule has 1 N–H and O–H groups in total. The van der Waals surface area contributed by atoms with E-state index in [4.69, 9.17) is 4.74 Å². The molecule has 2 rings (SSSR count). The Morgan fingerprint density at radius 3 is 2.75 bits per heavy atom. The van der Waals surface area contributed by atoms with Gasteiger partial charge < -0.3 is 9.84 Å². The van der Waals surface area contributed by atoms with Gasteiger partial charge in [-0.1, -0.05) is 0 Å². The van der Waals surface area contributed by atoms with Gasteiger partial charge >= 0.3 is 0 Å². The SMILES string of the molecule is CC(=O)c1ccc2c(c1)C[C@@H](C(C)(C)O)O2. The van der Waals surface area contributed by atoms with Crippen molar-refractivity contribution < 1.29 is 14.6 Å². The average Bonchev–Trinajstić information content (AvgIpc) is 2.58. The summed E-state index contributed by atoms with van der Waals surface area (Å²) in [5, 5.41) is 9.88. The van der Waals surface area contributed by atoms with Crippen LogP contribution >= 0.6 is 0 Å². The van der Waals surface area contributed by atoms with Crippen molar-refractivity contribution in [3.05, 3.63) is 29.3 Å². The number of ether oxygens (including phenoxy) is 1. The lowest BCUT2D eigenvalue weighted by Gasteiger charge is -2.24. The normalized spacial score (nSPS) is 19.1. The van der Waals surface area contributed by atoms with Gasteiger partial charge in [-0.2, -0.15) is 0 Å². The topological polar surface area (TPSA) is 46.5 Å². The number of hydrogen-bond donors (Lipinski definition) is 1. The average molecular weight is 220 g/mol. The molecule has 1 atom stereocenters. The minimum absolute atomic E-state index is 0.0505. The van der Waals surface area contributed by atoms with Crippen LogP contribution in [-0.4, -0.2) is 22.6 Å². The molecule has 3 nitrogen and oxygen atoms in total. The summed E-state index contributed by atoms with van der Waals surface area (Å²) < 4.78 is 5.64. The molecular formula is C13H16O3. The molecular weight excluding hydrogens is 204 g/mol. The number of carbonyl (C=O) groups is 1. The number of carbonyl (C=O) groups excluding carboxylic acids is 1. The lowest BCUT2D eigenvalue weighted by molar-refractivity contribution is -0.0229. The summed E-state index contributed by atoms with van der Waals surface area (Å²) in [6, 6.07) is 5.41. The zero-order chi connectivity index (χ0) is 11.9. The number of hydrogen-bond acceptors (Lipinski definition) is 3. The molecule has 0 fully saturated rings. The lowest BCUT2D eigenvalue weighted by atomic mass is 9.96. The van der Waals surface area contributed by atoms with Crippen LogP contribution in [0.4, 0.5) is 0 Å². The number of Topliss-reactive ketones (excluding diaryl/α,β-unsaturated/α-hetero) is 1. The highest BCUT2D eigenvalue weighted by Gasteiger charge is 2.34. The van der Waals surface area contributed by atoms with Gasteiger partial charge in [-0.25, -0.2) is 0 Å². The largest absolute Gasteiger partial charge is 0.487 e. The van der Waals surface area contributed by atoms with Crippen molar-refractivity contribution >= 4 is 5.78 Å². The molecule has 3 heteroatoms. The standard InChI is InChI=1S/C13H16O3/c1-8(14)9-4-5-11-10(6-9)7-12(16-11)13(2,3)15/h4-6,12,15H,7H2,1-3H3/t12-/m0/s1. The smallest absolute Gasteiger partial charge is 0.159 e. The van der Waals surface area contributed by atoms with Gasteiger partial charge in [0.25, 0.3) is 0 Å². The highest BCUT2D eigenvalue weighted by atomic mass is 16.5. The third-order valence-electron chi connectivity index (χ3n) is 2.93. The lowest BCUT2D eigenvalue weighted by Crippen LogP contribution is -2.39. The Bertz CT molecular complexity index is 429. The first kappa shape index (κ1) is 11.1. The van der Waals surface area contributed by atoms with Crippen LogP contribution in [0.15, 0.2) is 18.2 Å². The highest BCUT2D eigenvalue weighted by Crippen LogP contribution is 2.33. The molecule has 16 heavy (non-hydrogen) atoms. The minimum Gasteiger partial charge on any atom is -0.487 e. The molecule has 1 aromatic carbocycles. The van der Waals surface area contributed by atoms with E-state index in [1.807, 2.05) is 6.07 Å². The Labute approximate surface area is 95.0 Å². The van der Waals surface area contributed by atoms with E-state index in [0.29, 0.717) is 12.0 Å². The highest BCUT2D eigenvalue weighted by molar-refractivity contribution is 5.94. The first-order chi connectivity index (χ1) is 7.38. The summed E-state index contributed by atoms with van der Waals surface area (Å²) in [5.41, 5.74) is 0.827. The second kappa shape index (κ2) is 3.59. The first-order valence-electron chi connectivity index (χ1n) is 5.41. The summed E-state index contributed by atoms with van der Waals surface area (Å²) in [6.45, 7) is 5.01. The number of rotatable bonds is 2. The van der Waals surface area contributed by atoms with E-state index in [0.717, 1.165) is 11.3 Å². The van der Waals surface area contributed by atoms with E-state index in [1.165, 1.54) is 0 Å². The molecule has 0 bridgehead atoms. The van der Waals surface area contributed by atoms with E-state index in [-0.39, 0.29) is 11.9 Å². The first-order valence-corrected chi connectivity index (χ1v) is 5.41. The van der Waals surface area contributed by atoms with Crippen molar-refractivity contribution in [1.82, 2.24) is 0 Å². The van der Waals surface area contributed by atoms with E-state index in [1.54, 1.807) is 32.9 Å². The van der Waals surface area contributed by atoms with Gasteiger partial charge in [-0.3, -0.25) is 4.79 Å². The van der Waals surface area contributed by atoms with E-state index < -0.39 is 5.60 Å². The molecule has 0 radical (unpaired) electrons. The predicted octanol–water partition coefficient (Wildman–Crippen LogP) is 1.96.